The first-order valence-electron chi connectivity index (χ1n) is 8.30. The third-order valence-corrected chi connectivity index (χ3v) is 5.56. The summed E-state index contributed by atoms with van der Waals surface area (Å²) in [6.07, 6.45) is 5.68. The molecule has 0 unspecified atom stereocenters. The van der Waals surface area contributed by atoms with Crippen molar-refractivity contribution in [3.05, 3.63) is 22.7 Å². The Balaban J connectivity index is 1.56. The monoisotopic (exact) mass is 363 g/mol. The molecule has 2 aromatic heterocycles. The van der Waals surface area contributed by atoms with Crippen molar-refractivity contribution in [2.24, 2.45) is 5.92 Å². The number of ether oxygens (including phenoxy) is 1. The first-order valence-corrected chi connectivity index (χ1v) is 9.18. The van der Waals surface area contributed by atoms with Gasteiger partial charge in [0.2, 0.25) is 0 Å². The minimum absolute atomic E-state index is 0.173. The van der Waals surface area contributed by atoms with Crippen molar-refractivity contribution in [3.63, 3.8) is 0 Å². The zero-order chi connectivity index (χ0) is 17.8. The summed E-state index contributed by atoms with van der Waals surface area (Å²) >= 11 is 1.23. The molecule has 0 bridgehead atoms. The summed E-state index contributed by atoms with van der Waals surface area (Å²) in [6.45, 7) is 1.98. The van der Waals surface area contributed by atoms with Crippen LogP contribution in [0.5, 0.6) is 0 Å². The van der Waals surface area contributed by atoms with E-state index in [2.05, 4.69) is 22.4 Å². The van der Waals surface area contributed by atoms with Crippen molar-refractivity contribution in [1.29, 1.82) is 0 Å². The predicted molar refractivity (Wildman–Crippen MR) is 91.5 cm³/mol. The topological polar surface area (TPSA) is 90.2 Å². The highest BCUT2D eigenvalue weighted by Crippen LogP contribution is 2.26. The van der Waals surface area contributed by atoms with Crippen LogP contribution in [-0.4, -0.2) is 56.7 Å². The minimum Gasteiger partial charge on any atom is -0.451 e. The number of likely N-dealkylation sites (N-methyl/N-ethyl adjacent to an activating group) is 1. The van der Waals surface area contributed by atoms with Crippen molar-refractivity contribution in [1.82, 2.24) is 25.1 Å². The highest BCUT2D eigenvalue weighted by Gasteiger charge is 2.26. The Kier molecular flexibility index (Phi) is 5.42. The number of thiophene rings is 1. The smallest absolute Gasteiger partial charge is 0.351 e. The summed E-state index contributed by atoms with van der Waals surface area (Å²) in [5.74, 6) is 0.00838. The number of hydrogen-bond donors (Lipinski definition) is 0. The van der Waals surface area contributed by atoms with Crippen LogP contribution in [0.25, 0.3) is 5.69 Å². The molecule has 1 aliphatic carbocycles. The summed E-state index contributed by atoms with van der Waals surface area (Å²) < 4.78 is 6.61. The number of hydrogen-bond acceptors (Lipinski definition) is 7. The number of esters is 1. The zero-order valence-electron chi connectivity index (χ0n) is 14.3. The standard InChI is InChI=1S/C16H21N5O3S/c1-11-3-5-12(6-4-11)20(2)14(22)9-24-16(23)15-13(7-8-25-15)21-10-17-18-19-21/h7-8,10-12H,3-6,9H2,1-2H3. The van der Waals surface area contributed by atoms with E-state index in [-0.39, 0.29) is 18.6 Å². The van der Waals surface area contributed by atoms with Crippen LogP contribution in [0.15, 0.2) is 17.8 Å². The quantitative estimate of drug-likeness (QED) is 0.754. The van der Waals surface area contributed by atoms with E-state index in [0.717, 1.165) is 31.6 Å². The summed E-state index contributed by atoms with van der Waals surface area (Å²) in [4.78, 5) is 26.7. The molecule has 0 N–H and O–H groups in total. The Morgan fingerprint density at radius 2 is 2.12 bits per heavy atom. The second kappa shape index (κ2) is 7.73. The molecule has 0 radical (unpaired) electrons. The Morgan fingerprint density at radius 1 is 1.36 bits per heavy atom. The van der Waals surface area contributed by atoms with Crippen molar-refractivity contribution >= 4 is 23.2 Å². The molecule has 1 amide bonds. The number of carbonyl (C=O) groups is 2. The largest absolute Gasteiger partial charge is 0.451 e. The lowest BCUT2D eigenvalue weighted by Gasteiger charge is -2.33. The third kappa shape index (κ3) is 4.04. The number of tetrazole rings is 1. The average molecular weight is 363 g/mol. The van der Waals surface area contributed by atoms with Gasteiger partial charge in [0.25, 0.3) is 5.91 Å². The molecule has 1 saturated carbocycles. The molecule has 2 heterocycles. The van der Waals surface area contributed by atoms with Gasteiger partial charge in [0.05, 0.1) is 5.69 Å². The Labute approximate surface area is 149 Å². The zero-order valence-corrected chi connectivity index (χ0v) is 15.1. The van der Waals surface area contributed by atoms with Crippen LogP contribution in [0.1, 0.15) is 42.3 Å². The van der Waals surface area contributed by atoms with Gasteiger partial charge in [0.1, 0.15) is 11.2 Å². The normalized spacial score (nSPS) is 20.2. The fraction of sp³-hybridized carbons (Fsp3) is 0.562. The van der Waals surface area contributed by atoms with Gasteiger partial charge in [0, 0.05) is 13.1 Å². The molecule has 2 aromatic rings. The van der Waals surface area contributed by atoms with Gasteiger partial charge in [-0.2, -0.15) is 4.68 Å². The van der Waals surface area contributed by atoms with Crippen molar-refractivity contribution in [3.8, 4) is 5.69 Å². The molecule has 0 atom stereocenters. The number of carbonyl (C=O) groups excluding carboxylic acids is 2. The molecule has 1 fully saturated rings. The Morgan fingerprint density at radius 3 is 2.80 bits per heavy atom. The van der Waals surface area contributed by atoms with Gasteiger partial charge in [-0.15, -0.1) is 16.4 Å². The van der Waals surface area contributed by atoms with Gasteiger partial charge < -0.3 is 9.64 Å². The van der Waals surface area contributed by atoms with Crippen LogP contribution in [0.2, 0.25) is 0 Å². The molecule has 134 valence electrons. The summed E-state index contributed by atoms with van der Waals surface area (Å²) in [5, 5.41) is 12.6. The second-order valence-corrected chi connectivity index (χ2v) is 7.30. The lowest BCUT2D eigenvalue weighted by Crippen LogP contribution is -2.41. The van der Waals surface area contributed by atoms with E-state index >= 15 is 0 Å². The molecular formula is C16H21N5O3S. The molecule has 1 aliphatic rings. The van der Waals surface area contributed by atoms with E-state index < -0.39 is 5.97 Å². The number of aromatic nitrogens is 4. The van der Waals surface area contributed by atoms with Crippen LogP contribution < -0.4 is 0 Å². The van der Waals surface area contributed by atoms with E-state index in [0.29, 0.717) is 10.6 Å². The maximum atomic E-state index is 12.3. The van der Waals surface area contributed by atoms with Gasteiger partial charge in [-0.3, -0.25) is 4.79 Å². The summed E-state index contributed by atoms with van der Waals surface area (Å²) in [7, 11) is 1.79. The molecule has 0 saturated heterocycles. The third-order valence-electron chi connectivity index (χ3n) is 4.68. The van der Waals surface area contributed by atoms with Crippen LogP contribution in [-0.2, 0) is 9.53 Å². The minimum atomic E-state index is -0.542. The van der Waals surface area contributed by atoms with Gasteiger partial charge in [-0.25, -0.2) is 4.79 Å². The summed E-state index contributed by atoms with van der Waals surface area (Å²) in [5.41, 5.74) is 0.544. The van der Waals surface area contributed by atoms with Crippen LogP contribution in [0.3, 0.4) is 0 Å². The van der Waals surface area contributed by atoms with E-state index in [1.165, 1.54) is 22.3 Å². The molecule has 25 heavy (non-hydrogen) atoms. The fourth-order valence-electron chi connectivity index (χ4n) is 3.04. The van der Waals surface area contributed by atoms with E-state index in [1.54, 1.807) is 23.4 Å². The van der Waals surface area contributed by atoms with Gasteiger partial charge in [-0.1, -0.05) is 6.92 Å². The number of rotatable bonds is 5. The predicted octanol–water partition coefficient (Wildman–Crippen LogP) is 1.92. The van der Waals surface area contributed by atoms with E-state index in [1.807, 2.05) is 0 Å². The molecular weight excluding hydrogens is 342 g/mol. The molecule has 0 aliphatic heterocycles. The van der Waals surface area contributed by atoms with Gasteiger partial charge >= 0.3 is 5.97 Å². The molecule has 0 spiro atoms. The average Bonchev–Trinajstić information content (AvgIpc) is 3.30. The first-order chi connectivity index (χ1) is 12.1. The lowest BCUT2D eigenvalue weighted by molar-refractivity contribution is -0.136. The van der Waals surface area contributed by atoms with Gasteiger partial charge in [-0.05, 0) is 53.5 Å². The molecule has 8 nitrogen and oxygen atoms in total. The first kappa shape index (κ1) is 17.5. The van der Waals surface area contributed by atoms with Crippen molar-refractivity contribution in [2.45, 2.75) is 38.6 Å². The molecule has 9 heteroatoms. The maximum Gasteiger partial charge on any atom is 0.351 e. The highest BCUT2D eigenvalue weighted by atomic mass is 32.1. The van der Waals surface area contributed by atoms with Crippen LogP contribution >= 0.6 is 11.3 Å². The SMILES string of the molecule is CC1CCC(N(C)C(=O)COC(=O)c2sccc2-n2cnnn2)CC1. The van der Waals surface area contributed by atoms with Gasteiger partial charge in [0.15, 0.2) is 6.61 Å². The van der Waals surface area contributed by atoms with E-state index in [4.69, 9.17) is 4.74 Å². The molecule has 3 rings (SSSR count). The Bertz CT molecular complexity index is 722. The number of nitrogens with zero attached hydrogens (tertiary/aromatic N) is 5. The highest BCUT2D eigenvalue weighted by molar-refractivity contribution is 7.12. The number of amides is 1. The molecule has 0 aromatic carbocycles. The van der Waals surface area contributed by atoms with Crippen LogP contribution in [0, 0.1) is 5.92 Å². The fourth-order valence-corrected chi connectivity index (χ4v) is 3.81. The van der Waals surface area contributed by atoms with Crippen molar-refractivity contribution in [2.75, 3.05) is 13.7 Å². The maximum absolute atomic E-state index is 12.3. The van der Waals surface area contributed by atoms with Crippen molar-refractivity contribution < 1.29 is 14.3 Å². The van der Waals surface area contributed by atoms with Crippen LogP contribution in [0.4, 0.5) is 0 Å². The second-order valence-electron chi connectivity index (χ2n) is 6.38. The Hall–Kier alpha value is -2.29. The lowest BCUT2D eigenvalue weighted by atomic mass is 9.87. The van der Waals surface area contributed by atoms with E-state index in [9.17, 15) is 9.59 Å². The summed E-state index contributed by atoms with van der Waals surface area (Å²) in [6, 6.07) is 1.97.